The highest BCUT2D eigenvalue weighted by atomic mass is 16.6. The van der Waals surface area contributed by atoms with E-state index in [9.17, 15) is 24.0 Å². The lowest BCUT2D eigenvalue weighted by Gasteiger charge is -2.37. The molecule has 0 spiro atoms. The highest BCUT2D eigenvalue weighted by Crippen LogP contribution is 2.21. The number of carbonyl (C=O) groups is 4. The fourth-order valence-corrected chi connectivity index (χ4v) is 4.84. The largest absolute Gasteiger partial charge is 0.417 e. The third kappa shape index (κ3) is 10.9. The third-order valence-electron chi connectivity index (χ3n) is 7.42. The summed E-state index contributed by atoms with van der Waals surface area (Å²) in [5.74, 6) is 0.675. The number of benzene rings is 1. The Morgan fingerprint density at radius 2 is 1.77 bits per heavy atom. The zero-order valence-electron chi connectivity index (χ0n) is 25.9. The topological polar surface area (TPSA) is 139 Å². The van der Waals surface area contributed by atoms with Crippen LogP contribution in [-0.2, 0) is 24.0 Å². The van der Waals surface area contributed by atoms with Gasteiger partial charge in [-0.25, -0.2) is 4.79 Å². The Morgan fingerprint density at radius 1 is 1.02 bits per heavy atom. The molecular weight excluding hydrogens is 550 g/mol. The lowest BCUT2D eigenvalue weighted by Crippen LogP contribution is -2.57. The molecule has 2 aliphatic rings. The predicted octanol–water partition coefficient (Wildman–Crippen LogP) is 2.86. The Labute approximate surface area is 254 Å². The van der Waals surface area contributed by atoms with Crippen LogP contribution in [0.4, 0.5) is 0 Å². The van der Waals surface area contributed by atoms with Crippen LogP contribution in [-0.4, -0.2) is 78.4 Å². The molecule has 1 aromatic heterocycles. The number of nitrogens with one attached hydrogen (secondary N) is 3. The van der Waals surface area contributed by atoms with E-state index in [0.717, 1.165) is 24.6 Å². The molecule has 11 nitrogen and oxygen atoms in total. The maximum absolute atomic E-state index is 12.8. The lowest BCUT2D eigenvalue weighted by molar-refractivity contribution is -0.133. The summed E-state index contributed by atoms with van der Waals surface area (Å²) in [6.45, 7) is 6.69. The van der Waals surface area contributed by atoms with E-state index in [1.54, 1.807) is 16.7 Å². The first kappa shape index (κ1) is 35.1. The van der Waals surface area contributed by atoms with Crippen molar-refractivity contribution in [1.29, 1.82) is 0 Å². The molecule has 0 saturated carbocycles. The molecule has 236 valence electrons. The van der Waals surface area contributed by atoms with Gasteiger partial charge in [-0.15, -0.1) is 0 Å². The number of fused-ring (bicyclic) bond motifs is 2. The number of aldehydes is 1. The van der Waals surface area contributed by atoms with Crippen LogP contribution in [0.3, 0.4) is 0 Å². The van der Waals surface area contributed by atoms with E-state index in [1.807, 2.05) is 30.3 Å². The molecule has 1 aromatic carbocycles. The normalized spacial score (nSPS) is 18.9. The van der Waals surface area contributed by atoms with Crippen molar-refractivity contribution < 1.29 is 28.8 Å². The Kier molecular flexibility index (Phi) is 15.6. The zero-order chi connectivity index (χ0) is 31.6. The van der Waals surface area contributed by atoms with Gasteiger partial charge >= 0.3 is 0 Å². The number of nitrogens with zero attached hydrogens (tertiary/aromatic N) is 2. The average molecular weight is 598 g/mol. The van der Waals surface area contributed by atoms with E-state index in [4.69, 9.17) is 4.84 Å². The third-order valence-corrected chi connectivity index (χ3v) is 7.42. The molecule has 11 heteroatoms. The van der Waals surface area contributed by atoms with Crippen LogP contribution in [0.2, 0.25) is 0 Å². The smallest absolute Gasteiger partial charge is 0.243 e. The molecule has 1 unspecified atom stereocenters. The summed E-state index contributed by atoms with van der Waals surface area (Å²) in [6, 6.07) is 6.83. The van der Waals surface area contributed by atoms with Crippen molar-refractivity contribution in [3.8, 4) is 0 Å². The number of para-hydroxylation sites is 1. The van der Waals surface area contributed by atoms with Gasteiger partial charge in [-0.3, -0.25) is 14.4 Å². The van der Waals surface area contributed by atoms with Gasteiger partial charge in [-0.2, -0.15) is 4.73 Å². The van der Waals surface area contributed by atoms with Gasteiger partial charge in [0.25, 0.3) is 0 Å². The quantitative estimate of drug-likeness (QED) is 0.253. The predicted molar refractivity (Wildman–Crippen MR) is 166 cm³/mol. The van der Waals surface area contributed by atoms with Gasteiger partial charge in [-0.05, 0) is 50.7 Å². The van der Waals surface area contributed by atoms with E-state index in [2.05, 4.69) is 42.8 Å². The fraction of sp³-hybridized carbons (Fsp3) is 0.562. The van der Waals surface area contributed by atoms with Gasteiger partial charge in [0.2, 0.25) is 17.7 Å². The van der Waals surface area contributed by atoms with Gasteiger partial charge in [0, 0.05) is 24.5 Å². The average Bonchev–Trinajstić information content (AvgIpc) is 3.37. The van der Waals surface area contributed by atoms with Crippen LogP contribution in [0.1, 0.15) is 77.2 Å². The van der Waals surface area contributed by atoms with Crippen LogP contribution in [0, 0.1) is 6.92 Å². The van der Waals surface area contributed by atoms with Crippen LogP contribution in [0.15, 0.2) is 36.2 Å². The minimum Gasteiger partial charge on any atom is -0.417 e. The van der Waals surface area contributed by atoms with Crippen LogP contribution in [0.25, 0.3) is 10.9 Å². The summed E-state index contributed by atoms with van der Waals surface area (Å²) < 4.78 is 1.78. The number of aryl methyl sites for hydroxylation is 1. The fourth-order valence-electron chi connectivity index (χ4n) is 4.84. The Morgan fingerprint density at radius 3 is 2.44 bits per heavy atom. The number of carbonyl (C=O) groups excluding carboxylic acids is 5. The highest BCUT2D eigenvalue weighted by molar-refractivity contribution is 5.92. The van der Waals surface area contributed by atoms with Crippen molar-refractivity contribution in [1.82, 2.24) is 25.6 Å². The Balaban J connectivity index is 0.000000329. The second-order valence-electron chi connectivity index (χ2n) is 10.6. The van der Waals surface area contributed by atoms with Crippen LogP contribution < -0.4 is 20.8 Å². The van der Waals surface area contributed by atoms with Gasteiger partial charge in [-0.1, -0.05) is 51.3 Å². The Hall–Kier alpha value is -4.11. The molecule has 3 amide bonds. The zero-order valence-corrected chi connectivity index (χ0v) is 25.9. The van der Waals surface area contributed by atoms with Crippen molar-refractivity contribution in [2.45, 2.75) is 90.6 Å². The van der Waals surface area contributed by atoms with Gasteiger partial charge in [0.15, 0.2) is 0 Å². The molecule has 2 atom stereocenters. The summed E-state index contributed by atoms with van der Waals surface area (Å²) in [5.41, 5.74) is 2.60. The number of rotatable bonds is 7. The van der Waals surface area contributed by atoms with Crippen molar-refractivity contribution in [3.05, 3.63) is 41.7 Å². The van der Waals surface area contributed by atoms with Crippen molar-refractivity contribution in [3.63, 3.8) is 0 Å². The van der Waals surface area contributed by atoms with Gasteiger partial charge in [0.05, 0.1) is 18.6 Å². The molecule has 0 aliphatic carbocycles. The van der Waals surface area contributed by atoms with Gasteiger partial charge in [0.1, 0.15) is 37.1 Å². The molecule has 43 heavy (non-hydrogen) atoms. The summed E-state index contributed by atoms with van der Waals surface area (Å²) in [6.07, 6.45) is 9.66. The molecule has 4 rings (SSSR count). The molecule has 3 N–H and O–H groups in total. The highest BCUT2D eigenvalue weighted by Gasteiger charge is 2.33. The molecular formula is C32H47N5O6. The molecule has 0 bridgehead atoms. The van der Waals surface area contributed by atoms with E-state index in [1.165, 1.54) is 23.8 Å². The first-order valence-corrected chi connectivity index (χ1v) is 15.2. The van der Waals surface area contributed by atoms with E-state index < -0.39 is 23.9 Å². The SMILES string of the molecule is CCCC.COn1cc(C)c2ccccc21.O=C=C1CNC(=O)CNC(=O)[C@H](CCCCC=O)NC(=O)C2CCCCN12. The number of aromatic nitrogens is 1. The van der Waals surface area contributed by atoms with E-state index in [-0.39, 0.29) is 24.7 Å². The standard InChI is InChI=1S/C18H26N4O5.C10H11NO.C4H10/c23-9-5-1-2-6-14-17(26)20-11-16(25)19-10-13(12-24)22-8-4-3-7-15(22)18(27)21-14;1-8-7-11(12-2)10-6-4-3-5-9(8)10;1-3-4-2/h9,14-15H,1-8,10-11H2,(H,19,25)(H,20,26)(H,21,27);3-7H,1-2H3;3-4H2,1-2H3/t14-,15?;;/m0../s1. The minimum atomic E-state index is -0.788. The number of hydrogen-bond donors (Lipinski definition) is 3. The van der Waals surface area contributed by atoms with Crippen molar-refractivity contribution in [2.75, 3.05) is 26.7 Å². The minimum absolute atomic E-state index is 0.0306. The molecule has 0 radical (unpaired) electrons. The number of piperidine rings is 1. The molecule has 2 fully saturated rings. The van der Waals surface area contributed by atoms with E-state index >= 15 is 0 Å². The first-order chi connectivity index (χ1) is 20.8. The second kappa shape index (κ2) is 19.2. The van der Waals surface area contributed by atoms with Crippen LogP contribution >= 0.6 is 0 Å². The first-order valence-electron chi connectivity index (χ1n) is 15.2. The maximum Gasteiger partial charge on any atom is 0.243 e. The maximum atomic E-state index is 12.8. The number of amides is 3. The monoisotopic (exact) mass is 597 g/mol. The summed E-state index contributed by atoms with van der Waals surface area (Å²) >= 11 is 0. The van der Waals surface area contributed by atoms with Crippen LogP contribution in [0.5, 0.6) is 0 Å². The van der Waals surface area contributed by atoms with Gasteiger partial charge < -0.3 is 30.5 Å². The van der Waals surface area contributed by atoms with Crippen molar-refractivity contribution >= 4 is 40.9 Å². The Bertz CT molecular complexity index is 1250. The van der Waals surface area contributed by atoms with E-state index in [0.29, 0.717) is 38.6 Å². The molecule has 2 aromatic rings. The number of hydrogen-bond acceptors (Lipinski definition) is 7. The molecule has 2 saturated heterocycles. The summed E-state index contributed by atoms with van der Waals surface area (Å²) in [7, 11) is 1.67. The number of unbranched alkanes of at least 4 members (excludes halogenated alkanes) is 3. The summed E-state index contributed by atoms with van der Waals surface area (Å²) in [5, 5.41) is 9.10. The van der Waals surface area contributed by atoms with Crippen molar-refractivity contribution in [2.24, 2.45) is 0 Å². The molecule has 3 heterocycles. The molecule has 2 aliphatic heterocycles. The summed E-state index contributed by atoms with van der Waals surface area (Å²) in [4.78, 5) is 65.8. The lowest BCUT2D eigenvalue weighted by atomic mass is 9.99. The second-order valence-corrected chi connectivity index (χ2v) is 10.6.